The van der Waals surface area contributed by atoms with E-state index in [1.54, 1.807) is 12.1 Å². The Balaban J connectivity index is 1.56. The second-order valence-electron chi connectivity index (χ2n) is 5.80. The van der Waals surface area contributed by atoms with Crippen molar-refractivity contribution in [2.45, 2.75) is 25.7 Å². The topological polar surface area (TPSA) is 49.4 Å². The summed E-state index contributed by atoms with van der Waals surface area (Å²) in [5.41, 5.74) is 0.179. The maximum absolute atomic E-state index is 13.5. The molecule has 0 aromatic heterocycles. The standard InChI is InChI=1S/C16H19FN2O2/c17-13-6-2-3-7-14(13)18-15(20)11-10-12(11)16(21)19-8-4-1-5-9-19/h2-3,6-7,11-12H,1,4-5,8-10H2,(H,18,20). The van der Waals surface area contributed by atoms with Crippen molar-refractivity contribution in [1.82, 2.24) is 4.90 Å². The van der Waals surface area contributed by atoms with Crippen LogP contribution in [0.4, 0.5) is 10.1 Å². The molecule has 21 heavy (non-hydrogen) atoms. The molecular weight excluding hydrogens is 271 g/mol. The lowest BCUT2D eigenvalue weighted by molar-refractivity contribution is -0.134. The predicted molar refractivity (Wildman–Crippen MR) is 77.1 cm³/mol. The molecule has 1 saturated carbocycles. The Hall–Kier alpha value is -1.91. The largest absolute Gasteiger partial charge is 0.342 e. The zero-order valence-corrected chi connectivity index (χ0v) is 11.8. The van der Waals surface area contributed by atoms with E-state index in [2.05, 4.69) is 5.32 Å². The zero-order chi connectivity index (χ0) is 14.8. The molecule has 1 aliphatic heterocycles. The van der Waals surface area contributed by atoms with Gasteiger partial charge in [0.2, 0.25) is 11.8 Å². The molecule has 2 fully saturated rings. The van der Waals surface area contributed by atoms with Crippen molar-refractivity contribution in [3.63, 3.8) is 0 Å². The molecule has 112 valence electrons. The fourth-order valence-electron chi connectivity index (χ4n) is 2.89. The van der Waals surface area contributed by atoms with Crippen molar-refractivity contribution >= 4 is 17.5 Å². The number of likely N-dealkylation sites (tertiary alicyclic amines) is 1. The molecule has 1 aliphatic carbocycles. The Bertz CT molecular complexity index is 555. The van der Waals surface area contributed by atoms with Gasteiger partial charge in [0.15, 0.2) is 0 Å². The number of nitrogens with one attached hydrogen (secondary N) is 1. The summed E-state index contributed by atoms with van der Waals surface area (Å²) in [4.78, 5) is 26.2. The molecule has 5 heteroatoms. The Morgan fingerprint density at radius 2 is 1.81 bits per heavy atom. The van der Waals surface area contributed by atoms with Crippen LogP contribution in [-0.4, -0.2) is 29.8 Å². The number of hydrogen-bond donors (Lipinski definition) is 1. The number of anilines is 1. The number of para-hydroxylation sites is 1. The van der Waals surface area contributed by atoms with Crippen molar-refractivity contribution < 1.29 is 14.0 Å². The molecule has 1 heterocycles. The first kappa shape index (κ1) is 14.0. The van der Waals surface area contributed by atoms with E-state index in [0.29, 0.717) is 6.42 Å². The molecule has 0 spiro atoms. The Morgan fingerprint density at radius 3 is 2.52 bits per heavy atom. The van der Waals surface area contributed by atoms with E-state index in [1.807, 2.05) is 4.90 Å². The third kappa shape index (κ3) is 3.06. The monoisotopic (exact) mass is 290 g/mol. The minimum absolute atomic E-state index is 0.0865. The summed E-state index contributed by atoms with van der Waals surface area (Å²) >= 11 is 0. The van der Waals surface area contributed by atoms with Gasteiger partial charge in [0, 0.05) is 13.1 Å². The van der Waals surface area contributed by atoms with Crippen molar-refractivity contribution in [1.29, 1.82) is 0 Å². The normalized spacial score (nSPS) is 24.5. The lowest BCUT2D eigenvalue weighted by Gasteiger charge is -2.26. The van der Waals surface area contributed by atoms with Gasteiger partial charge >= 0.3 is 0 Å². The first-order valence-electron chi connectivity index (χ1n) is 7.51. The highest BCUT2D eigenvalue weighted by Gasteiger charge is 2.49. The number of halogens is 1. The number of hydrogen-bond acceptors (Lipinski definition) is 2. The van der Waals surface area contributed by atoms with Crippen molar-refractivity contribution in [2.75, 3.05) is 18.4 Å². The summed E-state index contributed by atoms with van der Waals surface area (Å²) in [7, 11) is 0. The van der Waals surface area contributed by atoms with Crippen LogP contribution >= 0.6 is 0 Å². The fourth-order valence-corrected chi connectivity index (χ4v) is 2.89. The van der Waals surface area contributed by atoms with Crippen molar-refractivity contribution in [3.8, 4) is 0 Å². The molecule has 1 aromatic rings. The molecule has 0 radical (unpaired) electrons. The molecule has 1 aromatic carbocycles. The van der Waals surface area contributed by atoms with Crippen LogP contribution in [0.5, 0.6) is 0 Å². The molecule has 2 unspecified atom stereocenters. The van der Waals surface area contributed by atoms with Gasteiger partial charge in [0.05, 0.1) is 17.5 Å². The third-order valence-corrected chi connectivity index (χ3v) is 4.24. The molecular formula is C16H19FN2O2. The summed E-state index contributed by atoms with van der Waals surface area (Å²) < 4.78 is 13.5. The van der Waals surface area contributed by atoms with Gasteiger partial charge in [-0.3, -0.25) is 9.59 Å². The quantitative estimate of drug-likeness (QED) is 0.929. The van der Waals surface area contributed by atoms with Gasteiger partial charge in [0.25, 0.3) is 0 Å². The Labute approximate surface area is 123 Å². The first-order chi connectivity index (χ1) is 10.2. The number of carbonyl (C=O) groups is 2. The second-order valence-corrected chi connectivity index (χ2v) is 5.80. The highest BCUT2D eigenvalue weighted by Crippen LogP contribution is 2.41. The summed E-state index contributed by atoms with van der Waals surface area (Å²) in [5.74, 6) is -1.14. The van der Waals surface area contributed by atoms with Gasteiger partial charge in [-0.15, -0.1) is 0 Å². The van der Waals surface area contributed by atoms with Crippen LogP contribution in [0.1, 0.15) is 25.7 Å². The number of benzene rings is 1. The van der Waals surface area contributed by atoms with Gasteiger partial charge in [-0.2, -0.15) is 0 Å². The van der Waals surface area contributed by atoms with E-state index >= 15 is 0 Å². The van der Waals surface area contributed by atoms with E-state index in [1.165, 1.54) is 18.6 Å². The molecule has 0 bridgehead atoms. The van der Waals surface area contributed by atoms with Gasteiger partial charge in [-0.1, -0.05) is 12.1 Å². The fraction of sp³-hybridized carbons (Fsp3) is 0.500. The zero-order valence-electron chi connectivity index (χ0n) is 11.8. The van der Waals surface area contributed by atoms with Crippen LogP contribution in [0.3, 0.4) is 0 Å². The van der Waals surface area contributed by atoms with Gasteiger partial charge in [0.1, 0.15) is 5.82 Å². The average molecular weight is 290 g/mol. The van der Waals surface area contributed by atoms with Crippen molar-refractivity contribution in [2.24, 2.45) is 11.8 Å². The number of piperidine rings is 1. The van der Waals surface area contributed by atoms with Crippen LogP contribution < -0.4 is 5.32 Å². The molecule has 1 N–H and O–H groups in total. The summed E-state index contributed by atoms with van der Waals surface area (Å²) in [5, 5.41) is 2.58. The maximum Gasteiger partial charge on any atom is 0.228 e. The molecule has 1 saturated heterocycles. The lowest BCUT2D eigenvalue weighted by atomic mass is 10.1. The lowest BCUT2D eigenvalue weighted by Crippen LogP contribution is -2.37. The number of amides is 2. The highest BCUT2D eigenvalue weighted by molar-refractivity contribution is 5.99. The van der Waals surface area contributed by atoms with Gasteiger partial charge in [-0.05, 0) is 37.8 Å². The smallest absolute Gasteiger partial charge is 0.228 e. The summed E-state index contributed by atoms with van der Waals surface area (Å²) in [6, 6.07) is 6.07. The van der Waals surface area contributed by atoms with E-state index in [4.69, 9.17) is 0 Å². The Morgan fingerprint density at radius 1 is 1.10 bits per heavy atom. The minimum Gasteiger partial charge on any atom is -0.342 e. The maximum atomic E-state index is 13.5. The van der Waals surface area contributed by atoms with Crippen LogP contribution in [0.15, 0.2) is 24.3 Å². The van der Waals surface area contributed by atoms with Gasteiger partial charge in [-0.25, -0.2) is 4.39 Å². The number of rotatable bonds is 3. The molecule has 4 nitrogen and oxygen atoms in total. The SMILES string of the molecule is O=C(Nc1ccccc1F)C1CC1C(=O)N1CCCCC1. The Kier molecular flexibility index (Phi) is 3.90. The summed E-state index contributed by atoms with van der Waals surface area (Å²) in [6.45, 7) is 1.61. The third-order valence-electron chi connectivity index (χ3n) is 4.24. The van der Waals surface area contributed by atoms with Crippen LogP contribution in [0, 0.1) is 17.7 Å². The number of nitrogens with zero attached hydrogens (tertiary/aromatic N) is 1. The highest BCUT2D eigenvalue weighted by atomic mass is 19.1. The second kappa shape index (κ2) is 5.84. The van der Waals surface area contributed by atoms with E-state index in [9.17, 15) is 14.0 Å². The van der Waals surface area contributed by atoms with Crippen LogP contribution in [0.2, 0.25) is 0 Å². The predicted octanol–water partition coefficient (Wildman–Crippen LogP) is 2.41. The molecule has 2 aliphatic rings. The summed E-state index contributed by atoms with van der Waals surface area (Å²) in [6.07, 6.45) is 3.84. The molecule has 3 rings (SSSR count). The minimum atomic E-state index is -0.453. The van der Waals surface area contributed by atoms with E-state index < -0.39 is 5.82 Å². The van der Waals surface area contributed by atoms with Crippen LogP contribution in [-0.2, 0) is 9.59 Å². The number of carbonyl (C=O) groups excluding carboxylic acids is 2. The first-order valence-corrected chi connectivity index (χ1v) is 7.51. The van der Waals surface area contributed by atoms with Crippen LogP contribution in [0.25, 0.3) is 0 Å². The molecule has 2 amide bonds. The van der Waals surface area contributed by atoms with E-state index in [0.717, 1.165) is 25.9 Å². The molecule has 2 atom stereocenters. The van der Waals surface area contributed by atoms with E-state index in [-0.39, 0.29) is 29.3 Å². The average Bonchev–Trinajstić information content (AvgIpc) is 3.30. The van der Waals surface area contributed by atoms with Gasteiger partial charge < -0.3 is 10.2 Å². The van der Waals surface area contributed by atoms with Crippen molar-refractivity contribution in [3.05, 3.63) is 30.1 Å².